The van der Waals surface area contributed by atoms with Gasteiger partial charge in [-0.25, -0.2) is 4.79 Å². The summed E-state index contributed by atoms with van der Waals surface area (Å²) in [6.45, 7) is 3.60. The normalized spacial score (nSPS) is 16.9. The van der Waals surface area contributed by atoms with E-state index in [1.165, 1.54) is 11.3 Å². The van der Waals surface area contributed by atoms with Gasteiger partial charge in [-0.2, -0.15) is 0 Å². The van der Waals surface area contributed by atoms with Crippen molar-refractivity contribution in [1.82, 2.24) is 5.32 Å². The monoisotopic (exact) mass is 404 g/mol. The fraction of sp³-hybridized carbons (Fsp3) is 0.211. The number of carbonyl (C=O) groups excluding carboxylic acids is 1. The molecule has 0 bridgehead atoms. The Morgan fingerprint density at radius 3 is 2.59 bits per heavy atom. The highest BCUT2D eigenvalue weighted by Gasteiger charge is 2.42. The predicted octanol–water partition coefficient (Wildman–Crippen LogP) is 4.57. The molecule has 1 aliphatic heterocycles. The number of rotatable bonds is 5. The van der Waals surface area contributed by atoms with Gasteiger partial charge in [-0.15, -0.1) is 11.3 Å². The number of ether oxygens (including phenoxy) is 1. The van der Waals surface area contributed by atoms with E-state index in [2.05, 4.69) is 5.32 Å². The summed E-state index contributed by atoms with van der Waals surface area (Å²) in [5.74, 6) is -1.44. The number of nitro groups is 1. The van der Waals surface area contributed by atoms with Crippen molar-refractivity contribution >= 4 is 34.6 Å². The summed E-state index contributed by atoms with van der Waals surface area (Å²) in [6.07, 6.45) is 0. The van der Waals surface area contributed by atoms with Gasteiger partial charge in [0.15, 0.2) is 0 Å². The predicted molar refractivity (Wildman–Crippen MR) is 105 cm³/mol. The number of hydrogen-bond donors (Lipinski definition) is 1. The van der Waals surface area contributed by atoms with Crippen LogP contribution in [0, 0.1) is 10.1 Å². The van der Waals surface area contributed by atoms with Crippen LogP contribution in [-0.4, -0.2) is 17.5 Å². The van der Waals surface area contributed by atoms with Crippen molar-refractivity contribution in [1.29, 1.82) is 0 Å². The van der Waals surface area contributed by atoms with Crippen molar-refractivity contribution in [2.24, 2.45) is 0 Å². The number of benzene rings is 1. The third-order valence-corrected chi connectivity index (χ3v) is 5.34. The lowest BCUT2D eigenvalue weighted by atomic mass is 9.83. The highest BCUT2D eigenvalue weighted by molar-refractivity contribution is 7.11. The van der Waals surface area contributed by atoms with E-state index in [1.54, 1.807) is 44.2 Å². The molecule has 3 rings (SSSR count). The first-order valence-corrected chi connectivity index (χ1v) is 9.52. The van der Waals surface area contributed by atoms with Crippen LogP contribution in [0.15, 0.2) is 58.7 Å². The average molecular weight is 405 g/mol. The molecule has 1 atom stereocenters. The Morgan fingerprint density at radius 2 is 2.04 bits per heavy atom. The van der Waals surface area contributed by atoms with Crippen LogP contribution in [0.5, 0.6) is 0 Å². The molecule has 2 heterocycles. The number of nitrogens with one attached hydrogen (secondary N) is 1. The second kappa shape index (κ2) is 7.94. The van der Waals surface area contributed by atoms with E-state index in [1.807, 2.05) is 11.4 Å². The fourth-order valence-electron chi connectivity index (χ4n) is 3.08. The third kappa shape index (κ3) is 3.74. The van der Waals surface area contributed by atoms with Gasteiger partial charge >= 0.3 is 5.97 Å². The van der Waals surface area contributed by atoms with E-state index in [-0.39, 0.29) is 17.9 Å². The third-order valence-electron chi connectivity index (χ3n) is 4.20. The minimum absolute atomic E-state index is 0.0894. The number of carbonyl (C=O) groups is 1. The lowest BCUT2D eigenvalue weighted by Gasteiger charge is -2.27. The molecule has 2 aromatic rings. The molecule has 0 spiro atoms. The van der Waals surface area contributed by atoms with E-state index in [4.69, 9.17) is 16.3 Å². The van der Waals surface area contributed by atoms with Crippen LogP contribution in [0.4, 0.5) is 0 Å². The van der Waals surface area contributed by atoms with Gasteiger partial charge in [0.2, 0.25) is 0 Å². The molecule has 27 heavy (non-hydrogen) atoms. The number of esters is 1. The zero-order valence-electron chi connectivity index (χ0n) is 14.7. The van der Waals surface area contributed by atoms with Crippen molar-refractivity contribution in [2.45, 2.75) is 19.8 Å². The topological polar surface area (TPSA) is 81.5 Å². The molecular weight excluding hydrogens is 388 g/mol. The highest BCUT2D eigenvalue weighted by atomic mass is 35.5. The Kier molecular flexibility index (Phi) is 5.62. The Morgan fingerprint density at radius 1 is 1.33 bits per heavy atom. The van der Waals surface area contributed by atoms with Crippen LogP contribution in [0.3, 0.4) is 0 Å². The van der Waals surface area contributed by atoms with E-state index >= 15 is 0 Å². The van der Waals surface area contributed by atoms with Gasteiger partial charge in [0.25, 0.3) is 5.70 Å². The maximum atomic E-state index is 12.6. The standard InChI is InChI=1S/C19H17ClN2O4S/c1-3-26-19(23)15-11(2)21-17(14-5-4-10-27-14)18(22(24)25)16(15)12-6-8-13(20)9-7-12/h4-10,16,21H,3H2,1-2H3. The molecule has 0 fully saturated rings. The summed E-state index contributed by atoms with van der Waals surface area (Å²) in [7, 11) is 0. The van der Waals surface area contributed by atoms with Crippen molar-refractivity contribution in [3.8, 4) is 0 Å². The number of thiophene rings is 1. The molecule has 0 aliphatic carbocycles. The molecule has 6 nitrogen and oxygen atoms in total. The van der Waals surface area contributed by atoms with Gasteiger partial charge < -0.3 is 10.1 Å². The van der Waals surface area contributed by atoms with Gasteiger partial charge in [0.05, 0.1) is 22.0 Å². The smallest absolute Gasteiger partial charge is 0.336 e. The SMILES string of the molecule is CCOC(=O)C1=C(C)NC(c2cccs2)=C([N+](=O)[O-])C1c1ccc(Cl)cc1. The second-order valence-corrected chi connectivity index (χ2v) is 7.25. The van der Waals surface area contributed by atoms with Gasteiger partial charge in [-0.05, 0) is 43.0 Å². The van der Waals surface area contributed by atoms with Crippen molar-refractivity contribution in [3.63, 3.8) is 0 Å². The summed E-state index contributed by atoms with van der Waals surface area (Å²) in [5, 5.41) is 17.5. The molecule has 0 saturated heterocycles. The number of dihydropyridines is 1. The lowest BCUT2D eigenvalue weighted by Crippen LogP contribution is -2.31. The van der Waals surface area contributed by atoms with Crippen LogP contribution < -0.4 is 5.32 Å². The Hall–Kier alpha value is -2.64. The molecule has 1 aromatic heterocycles. The molecule has 0 radical (unpaired) electrons. The van der Waals surface area contributed by atoms with Crippen LogP contribution in [0.1, 0.15) is 30.2 Å². The van der Waals surface area contributed by atoms with Crippen LogP contribution >= 0.6 is 22.9 Å². The quantitative estimate of drug-likeness (QED) is 0.448. The molecule has 1 unspecified atom stereocenters. The van der Waals surface area contributed by atoms with E-state index in [9.17, 15) is 14.9 Å². The minimum Gasteiger partial charge on any atom is -0.463 e. The van der Waals surface area contributed by atoms with Crippen LogP contribution in [0.2, 0.25) is 5.02 Å². The zero-order valence-corrected chi connectivity index (χ0v) is 16.3. The van der Waals surface area contributed by atoms with E-state index < -0.39 is 16.8 Å². The largest absolute Gasteiger partial charge is 0.463 e. The van der Waals surface area contributed by atoms with Crippen molar-refractivity contribution < 1.29 is 14.5 Å². The summed E-state index contributed by atoms with van der Waals surface area (Å²) < 4.78 is 5.18. The van der Waals surface area contributed by atoms with E-state index in [0.717, 1.165) is 4.88 Å². The molecule has 0 saturated carbocycles. The van der Waals surface area contributed by atoms with Crippen molar-refractivity contribution in [2.75, 3.05) is 6.61 Å². The molecule has 0 amide bonds. The second-order valence-electron chi connectivity index (χ2n) is 5.86. The number of hydrogen-bond acceptors (Lipinski definition) is 6. The number of nitrogens with zero attached hydrogens (tertiary/aromatic N) is 1. The molecule has 140 valence electrons. The Labute approximate surface area is 165 Å². The Bertz CT molecular complexity index is 933. The average Bonchev–Trinajstić information content (AvgIpc) is 3.15. The maximum absolute atomic E-state index is 12.6. The zero-order chi connectivity index (χ0) is 19.6. The first kappa shape index (κ1) is 19.1. The fourth-order valence-corrected chi connectivity index (χ4v) is 3.94. The Balaban J connectivity index is 2.25. The molecule has 8 heteroatoms. The molecule has 1 N–H and O–H groups in total. The first-order valence-electron chi connectivity index (χ1n) is 8.26. The van der Waals surface area contributed by atoms with E-state index in [0.29, 0.717) is 22.0 Å². The van der Waals surface area contributed by atoms with Gasteiger partial charge in [0.1, 0.15) is 11.6 Å². The summed E-state index contributed by atoms with van der Waals surface area (Å²) >= 11 is 7.36. The van der Waals surface area contributed by atoms with Crippen molar-refractivity contribution in [3.05, 3.63) is 84.3 Å². The summed E-state index contributed by atoms with van der Waals surface area (Å²) in [6, 6.07) is 10.3. The maximum Gasteiger partial charge on any atom is 0.336 e. The highest BCUT2D eigenvalue weighted by Crippen LogP contribution is 2.42. The number of allylic oxidation sites excluding steroid dienone is 2. The van der Waals surface area contributed by atoms with Crippen LogP contribution in [-0.2, 0) is 9.53 Å². The minimum atomic E-state index is -0.866. The van der Waals surface area contributed by atoms with Gasteiger partial charge in [-0.3, -0.25) is 10.1 Å². The molecular formula is C19H17ClN2O4S. The number of halogens is 1. The first-order chi connectivity index (χ1) is 12.9. The lowest BCUT2D eigenvalue weighted by molar-refractivity contribution is -0.428. The van der Waals surface area contributed by atoms with Crippen LogP contribution in [0.25, 0.3) is 5.70 Å². The molecule has 1 aliphatic rings. The molecule has 1 aromatic carbocycles. The van der Waals surface area contributed by atoms with Gasteiger partial charge in [0, 0.05) is 10.7 Å². The van der Waals surface area contributed by atoms with Gasteiger partial charge in [-0.1, -0.05) is 29.8 Å². The summed E-state index contributed by atoms with van der Waals surface area (Å²) in [4.78, 5) is 25.0. The summed E-state index contributed by atoms with van der Waals surface area (Å²) in [5.41, 5.74) is 1.66.